The van der Waals surface area contributed by atoms with Gasteiger partial charge in [-0.15, -0.1) is 11.3 Å². The third-order valence-electron chi connectivity index (χ3n) is 5.21. The van der Waals surface area contributed by atoms with Crippen LogP contribution in [0.3, 0.4) is 0 Å². The Balaban J connectivity index is 1.60. The van der Waals surface area contributed by atoms with Crippen LogP contribution in [0.15, 0.2) is 36.4 Å². The topological polar surface area (TPSA) is 163 Å². The summed E-state index contributed by atoms with van der Waals surface area (Å²) in [6.07, 6.45) is 1.53. The van der Waals surface area contributed by atoms with Crippen molar-refractivity contribution in [3.63, 3.8) is 0 Å². The van der Waals surface area contributed by atoms with Crippen molar-refractivity contribution in [1.82, 2.24) is 10.2 Å². The Kier molecular flexibility index (Phi) is 7.91. The van der Waals surface area contributed by atoms with Gasteiger partial charge in [0.05, 0.1) is 6.04 Å². The summed E-state index contributed by atoms with van der Waals surface area (Å²) >= 11 is 1.25. The summed E-state index contributed by atoms with van der Waals surface area (Å²) in [7, 11) is 0. The molecule has 1 fully saturated rings. The molecule has 11 heteroatoms. The van der Waals surface area contributed by atoms with Crippen LogP contribution in [0.25, 0.3) is 0 Å². The molecule has 1 amide bonds. The molecule has 174 valence electrons. The third-order valence-corrected chi connectivity index (χ3v) is 6.26. The van der Waals surface area contributed by atoms with E-state index in [2.05, 4.69) is 5.32 Å². The number of nitrogens with one attached hydrogen (secondary N) is 2. The van der Waals surface area contributed by atoms with E-state index in [1.807, 2.05) is 4.90 Å². The molecule has 0 unspecified atom stereocenters. The minimum Gasteiger partial charge on any atom is -0.480 e. The quantitative estimate of drug-likeness (QED) is 0.132. The number of aldehydes is 1. The van der Waals surface area contributed by atoms with Crippen molar-refractivity contribution < 1.29 is 29.0 Å². The van der Waals surface area contributed by atoms with Crippen LogP contribution in [0.1, 0.15) is 39.4 Å². The Labute approximate surface area is 193 Å². The van der Waals surface area contributed by atoms with E-state index in [0.717, 1.165) is 11.3 Å². The van der Waals surface area contributed by atoms with Gasteiger partial charge in [0.2, 0.25) is 5.91 Å². The van der Waals surface area contributed by atoms with Crippen molar-refractivity contribution >= 4 is 41.3 Å². The molecule has 2 heterocycles. The summed E-state index contributed by atoms with van der Waals surface area (Å²) in [5, 5.41) is 19.0. The largest absolute Gasteiger partial charge is 0.480 e. The van der Waals surface area contributed by atoms with Gasteiger partial charge in [-0.2, -0.15) is 0 Å². The number of likely N-dealkylation sites (tertiary alicyclic amines) is 1. The van der Waals surface area contributed by atoms with E-state index < -0.39 is 29.9 Å². The summed E-state index contributed by atoms with van der Waals surface area (Å²) < 4.78 is 5.37. The molecule has 10 nitrogen and oxygen atoms in total. The van der Waals surface area contributed by atoms with Crippen molar-refractivity contribution in [3.05, 3.63) is 51.7 Å². The lowest BCUT2D eigenvalue weighted by Gasteiger charge is -2.24. The van der Waals surface area contributed by atoms with Crippen LogP contribution >= 0.6 is 11.3 Å². The number of carboxylic acids is 1. The zero-order valence-corrected chi connectivity index (χ0v) is 18.5. The zero-order chi connectivity index (χ0) is 24.0. The number of nitrogens with two attached hydrogens (primary N) is 1. The van der Waals surface area contributed by atoms with Gasteiger partial charge < -0.3 is 25.7 Å². The highest BCUT2D eigenvalue weighted by Crippen LogP contribution is 2.25. The van der Waals surface area contributed by atoms with Gasteiger partial charge in [0, 0.05) is 23.4 Å². The van der Waals surface area contributed by atoms with Crippen LogP contribution in [0.5, 0.6) is 5.75 Å². The lowest BCUT2D eigenvalue weighted by Crippen LogP contribution is -2.49. The first-order valence-corrected chi connectivity index (χ1v) is 11.1. The first-order chi connectivity index (χ1) is 15.8. The fourth-order valence-electron chi connectivity index (χ4n) is 3.53. The molecular weight excluding hydrogens is 448 g/mol. The molecule has 1 aliphatic rings. The van der Waals surface area contributed by atoms with Crippen molar-refractivity contribution in [3.8, 4) is 5.75 Å². The first kappa shape index (κ1) is 24.1. The molecular formula is C22H24N4O6S. The number of amides is 1. The molecule has 1 saturated heterocycles. The van der Waals surface area contributed by atoms with Crippen LogP contribution < -0.4 is 15.8 Å². The SMILES string of the molecule is N=C(N)c1ccc(OC(=O)c2ccc(CN3CCC[C@H]3C(=O)N[C@@H](CC=O)C(=O)O)s2)cc1. The Morgan fingerprint density at radius 1 is 1.27 bits per heavy atom. The van der Waals surface area contributed by atoms with Crippen LogP contribution in [0.2, 0.25) is 0 Å². The van der Waals surface area contributed by atoms with Crippen LogP contribution in [-0.4, -0.2) is 58.6 Å². The van der Waals surface area contributed by atoms with Gasteiger partial charge in [0.25, 0.3) is 0 Å². The number of amidine groups is 1. The van der Waals surface area contributed by atoms with Gasteiger partial charge in [-0.1, -0.05) is 0 Å². The van der Waals surface area contributed by atoms with Crippen molar-refractivity contribution in [2.45, 2.75) is 37.9 Å². The molecule has 2 atom stereocenters. The average molecular weight is 473 g/mol. The number of nitrogens with zero attached hydrogens (tertiary/aromatic N) is 1. The first-order valence-electron chi connectivity index (χ1n) is 10.2. The average Bonchev–Trinajstić information content (AvgIpc) is 3.44. The molecule has 0 spiro atoms. The van der Waals surface area contributed by atoms with Crippen LogP contribution in [-0.2, 0) is 20.9 Å². The minimum absolute atomic E-state index is 0.0770. The number of carboxylic acid groups (broad SMARTS) is 1. The lowest BCUT2D eigenvalue weighted by molar-refractivity contribution is -0.143. The number of rotatable bonds is 10. The minimum atomic E-state index is -1.25. The highest BCUT2D eigenvalue weighted by Gasteiger charge is 2.33. The fraction of sp³-hybridized carbons (Fsp3) is 0.318. The molecule has 1 aliphatic heterocycles. The number of thiophene rings is 1. The van der Waals surface area contributed by atoms with Gasteiger partial charge in [-0.25, -0.2) is 9.59 Å². The highest BCUT2D eigenvalue weighted by molar-refractivity contribution is 7.13. The maximum Gasteiger partial charge on any atom is 0.353 e. The van der Waals surface area contributed by atoms with E-state index in [1.165, 1.54) is 11.3 Å². The molecule has 33 heavy (non-hydrogen) atoms. The summed E-state index contributed by atoms with van der Waals surface area (Å²) in [4.78, 5) is 50.1. The van der Waals surface area contributed by atoms with Gasteiger partial charge in [-0.05, 0) is 55.8 Å². The van der Waals surface area contributed by atoms with Gasteiger partial charge in [0.15, 0.2) is 0 Å². The Hall–Kier alpha value is -3.57. The Morgan fingerprint density at radius 3 is 2.64 bits per heavy atom. The Morgan fingerprint density at radius 2 is 2.00 bits per heavy atom. The van der Waals surface area contributed by atoms with Crippen LogP contribution in [0.4, 0.5) is 0 Å². The fourth-order valence-corrected chi connectivity index (χ4v) is 4.44. The molecule has 3 rings (SSSR count). The van der Waals surface area contributed by atoms with E-state index >= 15 is 0 Å². The Bertz CT molecular complexity index is 1050. The molecule has 0 aliphatic carbocycles. The summed E-state index contributed by atoms with van der Waals surface area (Å²) in [6, 6.07) is 8.00. The van der Waals surface area contributed by atoms with Crippen LogP contribution in [0, 0.1) is 5.41 Å². The van der Waals surface area contributed by atoms with Crippen molar-refractivity contribution in [2.75, 3.05) is 6.54 Å². The number of carbonyl (C=O) groups excluding carboxylic acids is 3. The number of hydrogen-bond acceptors (Lipinski definition) is 8. The van der Waals surface area contributed by atoms with Crippen molar-refractivity contribution in [1.29, 1.82) is 5.41 Å². The van der Waals surface area contributed by atoms with E-state index in [0.29, 0.717) is 42.0 Å². The lowest BCUT2D eigenvalue weighted by atomic mass is 10.1. The molecule has 0 radical (unpaired) electrons. The second-order valence-corrected chi connectivity index (χ2v) is 8.69. The van der Waals surface area contributed by atoms with E-state index in [4.69, 9.17) is 21.0 Å². The maximum absolute atomic E-state index is 12.6. The highest BCUT2D eigenvalue weighted by atomic mass is 32.1. The van der Waals surface area contributed by atoms with Gasteiger partial charge in [0.1, 0.15) is 28.8 Å². The third kappa shape index (κ3) is 6.24. The zero-order valence-electron chi connectivity index (χ0n) is 17.7. The predicted octanol–water partition coefficient (Wildman–Crippen LogP) is 1.37. The molecule has 5 N–H and O–H groups in total. The van der Waals surface area contributed by atoms with Gasteiger partial charge >= 0.3 is 11.9 Å². The molecule has 2 aromatic rings. The number of hydrogen-bond donors (Lipinski definition) is 4. The second-order valence-electron chi connectivity index (χ2n) is 7.52. The van der Waals surface area contributed by atoms with E-state index in [1.54, 1.807) is 36.4 Å². The maximum atomic E-state index is 12.6. The normalized spacial score (nSPS) is 16.7. The monoisotopic (exact) mass is 472 g/mol. The standard InChI is InChI=1S/C22H24N4O6S/c23-19(24)13-3-5-14(6-4-13)32-22(31)18-8-7-15(33-18)12-26-10-1-2-17(26)20(28)25-16(9-11-27)21(29)30/h3-8,11,16-17H,1-2,9-10,12H2,(H3,23,24)(H,25,28)(H,29,30)/t16-,17-/m0/s1. The van der Waals surface area contributed by atoms with Crippen molar-refractivity contribution in [2.24, 2.45) is 5.73 Å². The summed E-state index contributed by atoms with van der Waals surface area (Å²) in [5.41, 5.74) is 5.94. The number of ether oxygens (including phenoxy) is 1. The number of nitrogen functional groups attached to an aromatic ring is 1. The summed E-state index contributed by atoms with van der Waals surface area (Å²) in [6.45, 7) is 1.08. The predicted molar refractivity (Wildman–Crippen MR) is 120 cm³/mol. The van der Waals surface area contributed by atoms with E-state index in [9.17, 15) is 19.2 Å². The number of carbonyl (C=O) groups is 4. The smallest absolute Gasteiger partial charge is 0.353 e. The molecule has 0 bridgehead atoms. The molecule has 0 saturated carbocycles. The van der Waals surface area contributed by atoms with E-state index in [-0.39, 0.29) is 12.3 Å². The number of esters is 1. The number of benzene rings is 1. The summed E-state index contributed by atoms with van der Waals surface area (Å²) in [5.74, 6) is -1.94. The second kappa shape index (κ2) is 10.8. The molecule has 1 aromatic heterocycles. The number of aliphatic carboxylic acids is 1. The molecule has 1 aromatic carbocycles. The van der Waals surface area contributed by atoms with Gasteiger partial charge in [-0.3, -0.25) is 15.1 Å².